The predicted octanol–water partition coefficient (Wildman–Crippen LogP) is 1.75. The molecule has 1 unspecified atom stereocenters. The van der Waals surface area contributed by atoms with Crippen molar-refractivity contribution in [3.05, 3.63) is 46.2 Å². The van der Waals surface area contributed by atoms with Crippen molar-refractivity contribution in [1.29, 1.82) is 0 Å². The lowest BCUT2D eigenvalue weighted by atomic mass is 10.0. The molecule has 0 fully saturated rings. The number of carbonyl (C=O) groups is 1. The minimum absolute atomic E-state index is 0.00278. The molecule has 124 valence electrons. The highest BCUT2D eigenvalue weighted by Gasteiger charge is 2.11. The molecule has 3 N–H and O–H groups in total. The van der Waals surface area contributed by atoms with Crippen molar-refractivity contribution in [2.75, 3.05) is 13.2 Å². The van der Waals surface area contributed by atoms with Crippen LogP contribution in [0.15, 0.2) is 29.8 Å². The lowest BCUT2D eigenvalue weighted by Crippen LogP contribution is -2.39. The van der Waals surface area contributed by atoms with Gasteiger partial charge in [-0.15, -0.1) is 11.3 Å². The Morgan fingerprint density at radius 2 is 2.22 bits per heavy atom. The van der Waals surface area contributed by atoms with E-state index in [-0.39, 0.29) is 18.6 Å². The number of amides is 2. The first-order chi connectivity index (χ1) is 11.2. The molecule has 6 nitrogen and oxygen atoms in total. The molecule has 0 bridgehead atoms. The van der Waals surface area contributed by atoms with Crippen LogP contribution in [0.25, 0.3) is 0 Å². The second kappa shape index (κ2) is 9.22. The lowest BCUT2D eigenvalue weighted by Gasteiger charge is -2.15. The fraction of sp³-hybridized carbons (Fsp3) is 0.438. The van der Waals surface area contributed by atoms with Crippen LogP contribution in [0.5, 0.6) is 0 Å². The molecule has 2 aromatic heterocycles. The molecule has 0 spiro atoms. The van der Waals surface area contributed by atoms with Gasteiger partial charge in [0.2, 0.25) is 0 Å². The predicted molar refractivity (Wildman–Crippen MR) is 90.2 cm³/mol. The van der Waals surface area contributed by atoms with Gasteiger partial charge in [-0.3, -0.25) is 4.98 Å². The van der Waals surface area contributed by atoms with E-state index in [0.29, 0.717) is 19.5 Å². The van der Waals surface area contributed by atoms with Crippen molar-refractivity contribution in [2.24, 2.45) is 5.92 Å². The Labute approximate surface area is 140 Å². The number of aryl methyl sites for hydroxylation is 1. The van der Waals surface area contributed by atoms with E-state index in [1.54, 1.807) is 17.5 Å². The molecule has 0 aliphatic rings. The quantitative estimate of drug-likeness (QED) is 0.686. The number of rotatable bonds is 8. The number of aliphatic hydroxyl groups excluding tert-OH is 1. The van der Waals surface area contributed by atoms with Gasteiger partial charge in [0.25, 0.3) is 0 Å². The Hall–Kier alpha value is -1.99. The van der Waals surface area contributed by atoms with Crippen LogP contribution in [0.4, 0.5) is 4.79 Å². The van der Waals surface area contributed by atoms with Crippen LogP contribution in [0.2, 0.25) is 0 Å². The van der Waals surface area contributed by atoms with Crippen molar-refractivity contribution < 1.29 is 9.90 Å². The number of aliphatic hydroxyl groups is 1. The molecule has 1 atom stereocenters. The van der Waals surface area contributed by atoms with Gasteiger partial charge >= 0.3 is 6.03 Å². The molecule has 0 aliphatic carbocycles. The summed E-state index contributed by atoms with van der Waals surface area (Å²) in [7, 11) is 0. The highest BCUT2D eigenvalue weighted by molar-refractivity contribution is 7.09. The van der Waals surface area contributed by atoms with Gasteiger partial charge in [0, 0.05) is 36.3 Å². The summed E-state index contributed by atoms with van der Waals surface area (Å²) in [6.45, 7) is 2.87. The highest BCUT2D eigenvalue weighted by Crippen LogP contribution is 2.09. The molecular weight excluding hydrogens is 312 g/mol. The van der Waals surface area contributed by atoms with E-state index in [0.717, 1.165) is 22.8 Å². The number of thiazole rings is 1. The number of hydrogen-bond donors (Lipinski definition) is 3. The van der Waals surface area contributed by atoms with E-state index in [4.69, 9.17) is 0 Å². The highest BCUT2D eigenvalue weighted by atomic mass is 32.1. The molecule has 7 heteroatoms. The molecule has 2 aromatic rings. The smallest absolute Gasteiger partial charge is 0.315 e. The topological polar surface area (TPSA) is 87.1 Å². The van der Waals surface area contributed by atoms with Crippen LogP contribution in [0.1, 0.15) is 23.3 Å². The van der Waals surface area contributed by atoms with Gasteiger partial charge < -0.3 is 15.7 Å². The standard InChI is InChI=1S/C16H22N4O2S/c1-2-15-20-14(11-23-15)9-19-16(22)18-8-12(10-21)7-13-5-3-4-6-17-13/h3-6,11-12,21H,2,7-10H2,1H3,(H2,18,19,22). The Kier molecular flexibility index (Phi) is 6.96. The Balaban J connectivity index is 1.71. The number of aromatic nitrogens is 2. The van der Waals surface area contributed by atoms with Gasteiger partial charge in [0.05, 0.1) is 17.2 Å². The zero-order valence-electron chi connectivity index (χ0n) is 13.2. The van der Waals surface area contributed by atoms with E-state index in [9.17, 15) is 9.90 Å². The minimum atomic E-state index is -0.254. The fourth-order valence-corrected chi connectivity index (χ4v) is 2.82. The van der Waals surface area contributed by atoms with Gasteiger partial charge in [-0.2, -0.15) is 0 Å². The SMILES string of the molecule is CCc1nc(CNC(=O)NCC(CO)Cc2ccccn2)cs1. The molecule has 2 rings (SSSR count). The molecule has 0 radical (unpaired) electrons. The van der Waals surface area contributed by atoms with E-state index in [1.807, 2.05) is 23.6 Å². The summed E-state index contributed by atoms with van der Waals surface area (Å²) in [6, 6.07) is 5.42. The average Bonchev–Trinajstić information content (AvgIpc) is 3.05. The fourth-order valence-electron chi connectivity index (χ4n) is 2.08. The van der Waals surface area contributed by atoms with E-state index < -0.39 is 0 Å². The largest absolute Gasteiger partial charge is 0.396 e. The normalized spacial score (nSPS) is 11.9. The molecule has 2 amide bonds. The summed E-state index contributed by atoms with van der Waals surface area (Å²) in [5.41, 5.74) is 1.78. The summed E-state index contributed by atoms with van der Waals surface area (Å²) in [4.78, 5) is 20.5. The van der Waals surface area contributed by atoms with Crippen LogP contribution < -0.4 is 10.6 Å². The van der Waals surface area contributed by atoms with Crippen LogP contribution in [-0.2, 0) is 19.4 Å². The van der Waals surface area contributed by atoms with Crippen LogP contribution >= 0.6 is 11.3 Å². The molecule has 0 aliphatic heterocycles. The third-order valence-electron chi connectivity index (χ3n) is 3.37. The van der Waals surface area contributed by atoms with Crippen molar-refractivity contribution in [3.63, 3.8) is 0 Å². The first kappa shape index (κ1) is 17.4. The van der Waals surface area contributed by atoms with E-state index >= 15 is 0 Å². The van der Waals surface area contributed by atoms with E-state index in [2.05, 4.69) is 27.5 Å². The summed E-state index contributed by atoms with van der Waals surface area (Å²) in [5, 5.41) is 18.0. The van der Waals surface area contributed by atoms with Crippen molar-refractivity contribution in [1.82, 2.24) is 20.6 Å². The zero-order valence-corrected chi connectivity index (χ0v) is 14.0. The van der Waals surface area contributed by atoms with Crippen LogP contribution in [0, 0.1) is 5.92 Å². The Bertz CT molecular complexity index is 603. The minimum Gasteiger partial charge on any atom is -0.396 e. The lowest BCUT2D eigenvalue weighted by molar-refractivity contribution is 0.213. The Morgan fingerprint density at radius 3 is 2.87 bits per heavy atom. The third kappa shape index (κ3) is 5.96. The van der Waals surface area contributed by atoms with Gasteiger partial charge in [-0.25, -0.2) is 9.78 Å². The second-order valence-corrected chi connectivity index (χ2v) is 6.17. The van der Waals surface area contributed by atoms with Gasteiger partial charge in [-0.05, 0) is 25.0 Å². The van der Waals surface area contributed by atoms with Crippen molar-refractivity contribution in [2.45, 2.75) is 26.3 Å². The number of hydrogen-bond acceptors (Lipinski definition) is 5. The van der Waals surface area contributed by atoms with Crippen LogP contribution in [-0.4, -0.2) is 34.3 Å². The van der Waals surface area contributed by atoms with Gasteiger partial charge in [0.1, 0.15) is 0 Å². The molecular formula is C16H22N4O2S. The maximum Gasteiger partial charge on any atom is 0.315 e. The second-order valence-electron chi connectivity index (χ2n) is 5.22. The summed E-state index contributed by atoms with van der Waals surface area (Å²) < 4.78 is 0. The summed E-state index contributed by atoms with van der Waals surface area (Å²) >= 11 is 1.60. The van der Waals surface area contributed by atoms with Crippen molar-refractivity contribution >= 4 is 17.4 Å². The molecule has 2 heterocycles. The monoisotopic (exact) mass is 334 g/mol. The zero-order chi connectivity index (χ0) is 16.5. The number of pyridine rings is 1. The Morgan fingerprint density at radius 1 is 1.35 bits per heavy atom. The molecule has 0 saturated heterocycles. The first-order valence-electron chi connectivity index (χ1n) is 7.67. The number of urea groups is 1. The number of carbonyl (C=O) groups excluding carboxylic acids is 1. The molecule has 0 saturated carbocycles. The van der Waals surface area contributed by atoms with E-state index in [1.165, 1.54) is 0 Å². The van der Waals surface area contributed by atoms with Crippen LogP contribution in [0.3, 0.4) is 0 Å². The average molecular weight is 334 g/mol. The number of nitrogens with one attached hydrogen (secondary N) is 2. The van der Waals surface area contributed by atoms with Gasteiger partial charge in [-0.1, -0.05) is 13.0 Å². The first-order valence-corrected chi connectivity index (χ1v) is 8.55. The summed E-state index contributed by atoms with van der Waals surface area (Å²) in [5.74, 6) is -0.0541. The third-order valence-corrected chi connectivity index (χ3v) is 4.41. The number of nitrogens with zero attached hydrogens (tertiary/aromatic N) is 2. The van der Waals surface area contributed by atoms with Crippen molar-refractivity contribution in [3.8, 4) is 0 Å². The molecule has 0 aromatic carbocycles. The molecule has 23 heavy (non-hydrogen) atoms. The summed E-state index contributed by atoms with van der Waals surface area (Å²) in [6.07, 6.45) is 3.26. The maximum atomic E-state index is 11.8. The maximum absolute atomic E-state index is 11.8. The van der Waals surface area contributed by atoms with Gasteiger partial charge in [0.15, 0.2) is 0 Å².